The van der Waals surface area contributed by atoms with Crippen LogP contribution < -0.4 is 10.6 Å². The molecule has 0 radical (unpaired) electrons. The van der Waals surface area contributed by atoms with Crippen molar-refractivity contribution in [2.24, 2.45) is 5.92 Å². The molecule has 1 saturated carbocycles. The number of hydrogen-bond acceptors (Lipinski definition) is 5. The number of nitrogens with zero attached hydrogens (tertiary/aromatic N) is 2. The Morgan fingerprint density at radius 2 is 1.93 bits per heavy atom. The van der Waals surface area contributed by atoms with Gasteiger partial charge in [0.2, 0.25) is 15.9 Å². The van der Waals surface area contributed by atoms with E-state index in [1.54, 1.807) is 19.1 Å². The van der Waals surface area contributed by atoms with E-state index in [0.717, 1.165) is 30.6 Å². The number of imide groups is 1. The quantitative estimate of drug-likeness (QED) is 0.670. The summed E-state index contributed by atoms with van der Waals surface area (Å²) in [5.41, 5.74) is -0.645. The Kier molecular flexibility index (Phi) is 4.86. The van der Waals surface area contributed by atoms with Gasteiger partial charge in [0.15, 0.2) is 0 Å². The Labute approximate surface area is 169 Å². The summed E-state index contributed by atoms with van der Waals surface area (Å²) in [6.45, 7) is 2.25. The molecule has 0 bridgehead atoms. The number of benzene rings is 1. The average Bonchev–Trinajstić information content (AvgIpc) is 3.34. The van der Waals surface area contributed by atoms with Crippen LogP contribution in [-0.2, 0) is 19.6 Å². The maximum Gasteiger partial charge on any atom is 0.325 e. The minimum Gasteiger partial charge on any atom is -0.324 e. The standard InChI is InChI=1S/C19H24N4O5S/c1-19(13-7-8-13)17(25)23(18(26)21-19)12-16(24)20-14-5-4-6-15(11-14)29(27,28)22-9-2-3-10-22/h4-6,11,13H,2-3,7-10,12H2,1H3,(H,20,24)(H,21,26). The van der Waals surface area contributed by atoms with Crippen molar-refractivity contribution in [3.05, 3.63) is 24.3 Å². The van der Waals surface area contributed by atoms with E-state index in [-0.39, 0.29) is 10.8 Å². The third-order valence-electron chi connectivity index (χ3n) is 5.82. The maximum atomic E-state index is 12.7. The van der Waals surface area contributed by atoms with Crippen LogP contribution >= 0.6 is 0 Å². The van der Waals surface area contributed by atoms with E-state index in [1.807, 2.05) is 0 Å². The number of amides is 4. The molecule has 1 unspecified atom stereocenters. The van der Waals surface area contributed by atoms with E-state index in [2.05, 4.69) is 10.6 Å². The highest BCUT2D eigenvalue weighted by Crippen LogP contribution is 2.42. The van der Waals surface area contributed by atoms with Gasteiger partial charge in [-0.05, 0) is 56.7 Å². The van der Waals surface area contributed by atoms with Gasteiger partial charge < -0.3 is 10.6 Å². The zero-order valence-corrected chi connectivity index (χ0v) is 17.0. The molecule has 0 aromatic heterocycles. The number of urea groups is 1. The van der Waals surface area contributed by atoms with Gasteiger partial charge >= 0.3 is 6.03 Å². The highest BCUT2D eigenvalue weighted by atomic mass is 32.2. The van der Waals surface area contributed by atoms with Crippen LogP contribution in [0.2, 0.25) is 0 Å². The van der Waals surface area contributed by atoms with E-state index in [0.29, 0.717) is 18.8 Å². The molecule has 156 valence electrons. The molecule has 4 amide bonds. The fourth-order valence-corrected chi connectivity index (χ4v) is 5.52. The molecule has 29 heavy (non-hydrogen) atoms. The highest BCUT2D eigenvalue weighted by molar-refractivity contribution is 7.89. The Hall–Kier alpha value is -2.46. The molecule has 1 aliphatic carbocycles. The maximum absolute atomic E-state index is 12.7. The van der Waals surface area contributed by atoms with Crippen LogP contribution in [-0.4, -0.2) is 60.6 Å². The zero-order chi connectivity index (χ0) is 20.8. The number of sulfonamides is 1. The second-order valence-corrected chi connectivity index (χ2v) is 9.92. The second kappa shape index (κ2) is 7.10. The van der Waals surface area contributed by atoms with Crippen molar-refractivity contribution in [3.63, 3.8) is 0 Å². The lowest BCUT2D eigenvalue weighted by atomic mass is 9.96. The molecule has 4 rings (SSSR count). The predicted octanol–water partition coefficient (Wildman–Crippen LogP) is 1.13. The van der Waals surface area contributed by atoms with E-state index in [9.17, 15) is 22.8 Å². The summed E-state index contributed by atoms with van der Waals surface area (Å²) in [6.07, 6.45) is 3.42. The van der Waals surface area contributed by atoms with Crippen molar-refractivity contribution in [1.29, 1.82) is 0 Å². The topological polar surface area (TPSA) is 116 Å². The summed E-state index contributed by atoms with van der Waals surface area (Å²) in [4.78, 5) is 38.2. The molecule has 3 aliphatic rings. The number of carbonyl (C=O) groups excluding carboxylic acids is 3. The molecule has 1 aromatic rings. The molecule has 2 aliphatic heterocycles. The van der Waals surface area contributed by atoms with Crippen LogP contribution in [0.15, 0.2) is 29.2 Å². The van der Waals surface area contributed by atoms with Gasteiger partial charge in [-0.3, -0.25) is 14.5 Å². The Morgan fingerprint density at radius 1 is 1.24 bits per heavy atom. The summed E-state index contributed by atoms with van der Waals surface area (Å²) >= 11 is 0. The van der Waals surface area contributed by atoms with Gasteiger partial charge in [0.25, 0.3) is 5.91 Å². The van der Waals surface area contributed by atoms with Crippen LogP contribution in [0.5, 0.6) is 0 Å². The van der Waals surface area contributed by atoms with Gasteiger partial charge in [-0.15, -0.1) is 0 Å². The van der Waals surface area contributed by atoms with Crippen LogP contribution in [0, 0.1) is 5.92 Å². The van der Waals surface area contributed by atoms with Crippen molar-refractivity contribution in [2.75, 3.05) is 25.0 Å². The van der Waals surface area contributed by atoms with Crippen molar-refractivity contribution in [3.8, 4) is 0 Å². The third-order valence-corrected chi connectivity index (χ3v) is 7.71. The van der Waals surface area contributed by atoms with Crippen molar-refractivity contribution >= 4 is 33.6 Å². The summed E-state index contributed by atoms with van der Waals surface area (Å²) in [5, 5.41) is 5.28. The van der Waals surface area contributed by atoms with Crippen LogP contribution in [0.1, 0.15) is 32.6 Å². The summed E-state index contributed by atoms with van der Waals surface area (Å²) in [5.74, 6) is -0.853. The van der Waals surface area contributed by atoms with E-state index < -0.39 is 40.0 Å². The minimum atomic E-state index is -3.60. The number of hydrogen-bond donors (Lipinski definition) is 2. The molecule has 10 heteroatoms. The van der Waals surface area contributed by atoms with Crippen molar-refractivity contribution < 1.29 is 22.8 Å². The zero-order valence-electron chi connectivity index (χ0n) is 16.2. The lowest BCUT2D eigenvalue weighted by molar-refractivity contribution is -0.134. The number of nitrogens with one attached hydrogen (secondary N) is 2. The Balaban J connectivity index is 1.44. The van der Waals surface area contributed by atoms with Crippen LogP contribution in [0.25, 0.3) is 0 Å². The number of rotatable bonds is 6. The fraction of sp³-hybridized carbons (Fsp3) is 0.526. The molecule has 1 atom stereocenters. The van der Waals surface area contributed by atoms with Crippen molar-refractivity contribution in [1.82, 2.24) is 14.5 Å². The SMILES string of the molecule is CC1(C2CC2)NC(=O)N(CC(=O)Nc2cccc(S(=O)(=O)N3CCCC3)c2)C1=O. The number of carbonyl (C=O) groups is 3. The molecule has 9 nitrogen and oxygen atoms in total. The average molecular weight is 420 g/mol. The van der Waals surface area contributed by atoms with Crippen LogP contribution in [0.3, 0.4) is 0 Å². The lowest BCUT2D eigenvalue weighted by Gasteiger charge is -2.20. The first-order valence-corrected chi connectivity index (χ1v) is 11.2. The third kappa shape index (κ3) is 3.62. The normalized spacial score (nSPS) is 25.3. The molecule has 1 aromatic carbocycles. The molecular weight excluding hydrogens is 396 g/mol. The lowest BCUT2D eigenvalue weighted by Crippen LogP contribution is -2.46. The van der Waals surface area contributed by atoms with Crippen molar-refractivity contribution in [2.45, 2.75) is 43.0 Å². The van der Waals surface area contributed by atoms with Gasteiger partial charge in [-0.1, -0.05) is 6.07 Å². The molecular formula is C19H24N4O5S. The monoisotopic (exact) mass is 420 g/mol. The Bertz CT molecular complexity index is 969. The first-order chi connectivity index (χ1) is 13.7. The molecule has 2 heterocycles. The predicted molar refractivity (Wildman–Crippen MR) is 104 cm³/mol. The number of anilines is 1. The summed E-state index contributed by atoms with van der Waals surface area (Å²) in [7, 11) is -3.60. The Morgan fingerprint density at radius 3 is 2.59 bits per heavy atom. The van der Waals surface area contributed by atoms with Gasteiger partial charge in [0.1, 0.15) is 12.1 Å². The molecule has 0 spiro atoms. The van der Waals surface area contributed by atoms with E-state index in [4.69, 9.17) is 0 Å². The molecule has 2 saturated heterocycles. The first kappa shape index (κ1) is 19.8. The van der Waals surface area contributed by atoms with Gasteiger partial charge in [-0.2, -0.15) is 4.31 Å². The largest absolute Gasteiger partial charge is 0.325 e. The highest BCUT2D eigenvalue weighted by Gasteiger charge is 2.56. The second-order valence-electron chi connectivity index (χ2n) is 7.99. The fourth-order valence-electron chi connectivity index (χ4n) is 3.95. The summed E-state index contributed by atoms with van der Waals surface area (Å²) < 4.78 is 26.8. The summed E-state index contributed by atoms with van der Waals surface area (Å²) in [6, 6.07) is 5.43. The van der Waals surface area contributed by atoms with E-state index >= 15 is 0 Å². The molecule has 3 fully saturated rings. The first-order valence-electron chi connectivity index (χ1n) is 9.76. The minimum absolute atomic E-state index is 0.105. The van der Waals surface area contributed by atoms with E-state index in [1.165, 1.54) is 16.4 Å². The smallest absolute Gasteiger partial charge is 0.324 e. The van der Waals surface area contributed by atoms with Gasteiger partial charge in [0.05, 0.1) is 4.90 Å². The van der Waals surface area contributed by atoms with Crippen LogP contribution in [0.4, 0.5) is 10.5 Å². The van der Waals surface area contributed by atoms with Gasteiger partial charge in [-0.25, -0.2) is 13.2 Å². The van der Waals surface area contributed by atoms with Gasteiger partial charge in [0, 0.05) is 18.8 Å². The molecule has 2 N–H and O–H groups in total.